The lowest BCUT2D eigenvalue weighted by Gasteiger charge is -2.35. The topological polar surface area (TPSA) is 73.0 Å². The Kier molecular flexibility index (Phi) is 5.91. The zero-order chi connectivity index (χ0) is 20.4. The number of amides is 4. The van der Waals surface area contributed by atoms with Crippen molar-refractivity contribution in [2.45, 2.75) is 52.2 Å². The number of rotatable bonds is 3. The Morgan fingerprint density at radius 2 is 2.04 bits per heavy atom. The molecule has 28 heavy (non-hydrogen) atoms. The van der Waals surface area contributed by atoms with E-state index in [1.165, 1.54) is 0 Å². The number of hydrogen-bond acceptors (Lipinski definition) is 3. The second kappa shape index (κ2) is 8.20. The van der Waals surface area contributed by atoms with Gasteiger partial charge in [0.2, 0.25) is 11.8 Å². The van der Waals surface area contributed by atoms with Crippen LogP contribution in [-0.4, -0.2) is 64.8 Å². The number of fused-ring (bicyclic) bond motifs is 1. The highest BCUT2D eigenvalue weighted by Gasteiger charge is 2.40. The summed E-state index contributed by atoms with van der Waals surface area (Å²) in [6.45, 7) is 7.07. The van der Waals surface area contributed by atoms with E-state index in [1.807, 2.05) is 38.1 Å². The summed E-state index contributed by atoms with van der Waals surface area (Å²) in [6.07, 6.45) is 1.56. The fourth-order valence-electron chi connectivity index (χ4n) is 4.06. The average molecular weight is 386 g/mol. The monoisotopic (exact) mass is 386 g/mol. The summed E-state index contributed by atoms with van der Waals surface area (Å²) in [5, 5.41) is 3.00. The molecule has 0 radical (unpaired) electrons. The first kappa shape index (κ1) is 20.2. The van der Waals surface area contributed by atoms with E-state index < -0.39 is 6.04 Å². The Hall–Kier alpha value is -2.57. The number of carbonyl (C=O) groups excluding carboxylic acids is 3. The number of carbonyl (C=O) groups is 3. The number of anilines is 1. The van der Waals surface area contributed by atoms with Crippen molar-refractivity contribution in [2.24, 2.45) is 5.92 Å². The van der Waals surface area contributed by atoms with Crippen LogP contribution < -0.4 is 5.32 Å². The fraction of sp³-hybridized carbons (Fsp3) is 0.571. The number of hydrogen-bond donors (Lipinski definition) is 1. The smallest absolute Gasteiger partial charge is 0.321 e. The molecule has 0 aliphatic carbocycles. The zero-order valence-electron chi connectivity index (χ0n) is 17.1. The van der Waals surface area contributed by atoms with Gasteiger partial charge in [-0.15, -0.1) is 0 Å². The lowest BCUT2D eigenvalue weighted by atomic mass is 9.97. The van der Waals surface area contributed by atoms with Crippen molar-refractivity contribution in [2.75, 3.05) is 25.5 Å². The van der Waals surface area contributed by atoms with Gasteiger partial charge in [0.15, 0.2) is 0 Å². The Balaban J connectivity index is 1.86. The molecular weight excluding hydrogens is 356 g/mol. The summed E-state index contributed by atoms with van der Waals surface area (Å²) in [5.41, 5.74) is 1.71. The normalized spacial score (nSPS) is 22.9. The van der Waals surface area contributed by atoms with Gasteiger partial charge in [0.05, 0.1) is 12.6 Å². The third-order valence-corrected chi connectivity index (χ3v) is 6.13. The van der Waals surface area contributed by atoms with Crippen LogP contribution in [-0.2, 0) is 16.1 Å². The maximum Gasteiger partial charge on any atom is 0.321 e. The third-order valence-electron chi connectivity index (χ3n) is 6.13. The van der Waals surface area contributed by atoms with Gasteiger partial charge in [-0.3, -0.25) is 9.59 Å². The number of benzene rings is 1. The first-order chi connectivity index (χ1) is 13.3. The van der Waals surface area contributed by atoms with E-state index in [9.17, 15) is 14.4 Å². The Morgan fingerprint density at radius 1 is 1.32 bits per heavy atom. The molecule has 7 nitrogen and oxygen atoms in total. The fourth-order valence-corrected chi connectivity index (χ4v) is 4.06. The molecular formula is C21H30N4O3. The van der Waals surface area contributed by atoms with E-state index in [4.69, 9.17) is 0 Å². The Morgan fingerprint density at radius 3 is 2.71 bits per heavy atom. The lowest BCUT2D eigenvalue weighted by molar-refractivity contribution is -0.129. The first-order valence-electron chi connectivity index (χ1n) is 10.0. The van der Waals surface area contributed by atoms with E-state index in [0.29, 0.717) is 19.6 Å². The number of urea groups is 1. The van der Waals surface area contributed by atoms with Crippen LogP contribution in [0.25, 0.3) is 0 Å². The van der Waals surface area contributed by atoms with Gasteiger partial charge in [-0.25, -0.2) is 4.79 Å². The van der Waals surface area contributed by atoms with Crippen molar-refractivity contribution in [3.63, 3.8) is 0 Å². The molecule has 0 bridgehead atoms. The summed E-state index contributed by atoms with van der Waals surface area (Å²) in [5.74, 6) is -0.0966. The van der Waals surface area contributed by atoms with Crippen LogP contribution in [0.1, 0.15) is 39.2 Å². The van der Waals surface area contributed by atoms with E-state index >= 15 is 0 Å². The van der Waals surface area contributed by atoms with Crippen LogP contribution in [0, 0.1) is 5.92 Å². The van der Waals surface area contributed by atoms with Gasteiger partial charge in [-0.05, 0) is 24.0 Å². The average Bonchev–Trinajstić information content (AvgIpc) is 3.11. The molecule has 1 N–H and O–H groups in total. The van der Waals surface area contributed by atoms with E-state index in [0.717, 1.165) is 24.1 Å². The molecule has 4 amide bonds. The number of likely N-dealkylation sites (tertiary alicyclic amines) is 1. The quantitative estimate of drug-likeness (QED) is 0.868. The summed E-state index contributed by atoms with van der Waals surface area (Å²) < 4.78 is 0. The molecule has 2 aliphatic rings. The van der Waals surface area contributed by atoms with Gasteiger partial charge in [-0.1, -0.05) is 38.5 Å². The standard InChI is InChI=1S/C21H30N4O3/c1-5-14(2)19-20(27)22-18-9-7-6-8-16(18)12-25(19)21(28)24-11-10-17(13-24)23(4)15(3)26/h6-9,14,17,19H,5,10-13H2,1-4H3,(H,22,27)/t14-,17?,19-/m0/s1. The van der Waals surface area contributed by atoms with E-state index in [-0.39, 0.29) is 29.8 Å². The molecule has 0 saturated carbocycles. The minimum absolute atomic E-state index is 0.000131. The van der Waals surface area contributed by atoms with Crippen LogP contribution in [0.5, 0.6) is 0 Å². The van der Waals surface area contributed by atoms with Gasteiger partial charge in [0.1, 0.15) is 6.04 Å². The number of nitrogens with zero attached hydrogens (tertiary/aromatic N) is 3. The molecule has 0 aromatic heterocycles. The van der Waals surface area contributed by atoms with Gasteiger partial charge in [0.25, 0.3) is 0 Å². The molecule has 0 spiro atoms. The second-order valence-electron chi connectivity index (χ2n) is 7.91. The summed E-state index contributed by atoms with van der Waals surface area (Å²) >= 11 is 0. The molecule has 2 heterocycles. The highest BCUT2D eigenvalue weighted by Crippen LogP contribution is 2.29. The zero-order valence-corrected chi connectivity index (χ0v) is 17.1. The largest absolute Gasteiger partial charge is 0.341 e. The summed E-state index contributed by atoms with van der Waals surface area (Å²) in [4.78, 5) is 43.3. The van der Waals surface area contributed by atoms with E-state index in [2.05, 4.69) is 5.32 Å². The highest BCUT2D eigenvalue weighted by molar-refractivity contribution is 5.98. The number of likely N-dealkylation sites (N-methyl/N-ethyl adjacent to an activating group) is 1. The van der Waals surface area contributed by atoms with Crippen molar-refractivity contribution in [3.05, 3.63) is 29.8 Å². The molecule has 1 fully saturated rings. The number of nitrogens with one attached hydrogen (secondary N) is 1. The van der Waals surface area contributed by atoms with Gasteiger partial charge < -0.3 is 20.0 Å². The summed E-state index contributed by atoms with van der Waals surface area (Å²) in [6, 6.07) is 7.01. The van der Waals surface area contributed by atoms with E-state index in [1.54, 1.807) is 28.7 Å². The van der Waals surface area contributed by atoms with Crippen LogP contribution in [0.3, 0.4) is 0 Å². The van der Waals surface area contributed by atoms with Crippen molar-refractivity contribution >= 4 is 23.5 Å². The summed E-state index contributed by atoms with van der Waals surface area (Å²) in [7, 11) is 1.78. The van der Waals surface area contributed by atoms with Gasteiger partial charge in [-0.2, -0.15) is 0 Å². The molecule has 1 saturated heterocycles. The lowest BCUT2D eigenvalue weighted by Crippen LogP contribution is -2.53. The Bertz CT molecular complexity index is 766. The van der Waals surface area contributed by atoms with Crippen LogP contribution in [0.2, 0.25) is 0 Å². The SMILES string of the molecule is CC[C@H](C)[C@H]1C(=O)Nc2ccccc2CN1C(=O)N1CCC(N(C)C(C)=O)C1. The predicted octanol–water partition coefficient (Wildman–Crippen LogP) is 2.53. The molecule has 3 rings (SSSR count). The minimum Gasteiger partial charge on any atom is -0.341 e. The Labute approximate surface area is 166 Å². The highest BCUT2D eigenvalue weighted by atomic mass is 16.2. The minimum atomic E-state index is -0.519. The van der Waals surface area contributed by atoms with Gasteiger partial charge >= 0.3 is 6.03 Å². The molecule has 3 atom stereocenters. The van der Waals surface area contributed by atoms with Crippen LogP contribution >= 0.6 is 0 Å². The molecule has 1 aromatic rings. The van der Waals surface area contributed by atoms with Crippen molar-refractivity contribution in [1.29, 1.82) is 0 Å². The van der Waals surface area contributed by atoms with Crippen LogP contribution in [0.15, 0.2) is 24.3 Å². The number of para-hydroxylation sites is 1. The van der Waals surface area contributed by atoms with Gasteiger partial charge in [0, 0.05) is 32.7 Å². The third kappa shape index (κ3) is 3.84. The van der Waals surface area contributed by atoms with Crippen molar-refractivity contribution < 1.29 is 14.4 Å². The molecule has 7 heteroatoms. The second-order valence-corrected chi connectivity index (χ2v) is 7.91. The van der Waals surface area contributed by atoms with Crippen LogP contribution in [0.4, 0.5) is 10.5 Å². The van der Waals surface area contributed by atoms with Crippen molar-refractivity contribution in [1.82, 2.24) is 14.7 Å². The molecule has 2 aliphatic heterocycles. The molecule has 1 aromatic carbocycles. The first-order valence-corrected chi connectivity index (χ1v) is 10.0. The predicted molar refractivity (Wildman–Crippen MR) is 108 cm³/mol. The maximum atomic E-state index is 13.4. The molecule has 1 unspecified atom stereocenters. The molecule has 152 valence electrons. The van der Waals surface area contributed by atoms with Crippen molar-refractivity contribution in [3.8, 4) is 0 Å². The maximum absolute atomic E-state index is 13.4.